The molecule has 2 aliphatic rings. The molecule has 0 bridgehead atoms. The van der Waals surface area contributed by atoms with Gasteiger partial charge in [0.2, 0.25) is 23.2 Å². The fourth-order valence-corrected chi connectivity index (χ4v) is 6.51. The number of aliphatic hydroxyl groups excluding tert-OH is 6. The van der Waals surface area contributed by atoms with Crippen molar-refractivity contribution in [3.05, 3.63) is 64.3 Å². The molecule has 2 saturated heterocycles. The highest BCUT2D eigenvalue weighted by Gasteiger charge is 2.50. The zero-order valence-electron chi connectivity index (χ0n) is 31.8. The third kappa shape index (κ3) is 8.56. The zero-order valence-corrected chi connectivity index (χ0v) is 31.8. The first kappa shape index (κ1) is 43.7. The molecule has 1 aromatic heterocycles. The molecule has 60 heavy (non-hydrogen) atoms. The predicted molar refractivity (Wildman–Crippen MR) is 201 cm³/mol. The highest BCUT2D eigenvalue weighted by atomic mass is 16.7. The summed E-state index contributed by atoms with van der Waals surface area (Å²) in [4.78, 5) is 27.0. The lowest BCUT2D eigenvalue weighted by atomic mass is 9.98. The maximum Gasteiger partial charge on any atom is 0.331 e. The van der Waals surface area contributed by atoms with Crippen LogP contribution in [-0.4, -0.2) is 153 Å². The van der Waals surface area contributed by atoms with Crippen molar-refractivity contribution in [3.8, 4) is 57.3 Å². The summed E-state index contributed by atoms with van der Waals surface area (Å²) < 4.78 is 49.5. The second kappa shape index (κ2) is 18.2. The van der Waals surface area contributed by atoms with Gasteiger partial charge in [0.25, 0.3) is 0 Å². The Kier molecular flexibility index (Phi) is 13.2. The minimum absolute atomic E-state index is 0.0334. The molecule has 3 aromatic carbocycles. The number of carbonyl (C=O) groups is 1. The quantitative estimate of drug-likeness (QED) is 0.0603. The summed E-state index contributed by atoms with van der Waals surface area (Å²) in [6.07, 6.45) is -16.1. The van der Waals surface area contributed by atoms with Gasteiger partial charge in [0, 0.05) is 17.7 Å². The second-order valence-electron chi connectivity index (χ2n) is 13.5. The number of carbonyl (C=O) groups excluding carboxylic acids is 1. The highest BCUT2D eigenvalue weighted by molar-refractivity contribution is 5.91. The number of hydrogen-bond acceptors (Lipinski definition) is 21. The number of rotatable bonds is 13. The molecule has 3 heterocycles. The van der Waals surface area contributed by atoms with Crippen molar-refractivity contribution in [2.75, 3.05) is 34.5 Å². The molecule has 10 N–H and O–H groups in total. The first-order valence-corrected chi connectivity index (χ1v) is 17.9. The van der Waals surface area contributed by atoms with Crippen molar-refractivity contribution in [1.82, 2.24) is 0 Å². The summed E-state index contributed by atoms with van der Waals surface area (Å²) in [5.41, 5.74) is -1.02. The van der Waals surface area contributed by atoms with E-state index in [4.69, 9.17) is 42.3 Å². The summed E-state index contributed by atoms with van der Waals surface area (Å²) in [5, 5.41) is 105. The monoisotopic (exact) mass is 846 g/mol. The van der Waals surface area contributed by atoms with Crippen LogP contribution < -0.4 is 24.4 Å². The molecule has 0 radical (unpaired) electrons. The Hall–Kier alpha value is -5.88. The molecule has 4 aromatic rings. The van der Waals surface area contributed by atoms with Gasteiger partial charge in [-0.1, -0.05) is 6.07 Å². The molecule has 2 aliphatic heterocycles. The van der Waals surface area contributed by atoms with E-state index in [1.54, 1.807) is 0 Å². The van der Waals surface area contributed by atoms with Crippen molar-refractivity contribution < 1.29 is 98.2 Å². The van der Waals surface area contributed by atoms with Crippen molar-refractivity contribution in [2.24, 2.45) is 0 Å². The summed E-state index contributed by atoms with van der Waals surface area (Å²) in [7, 11) is 3.69. The molecular formula is C39H42O21. The van der Waals surface area contributed by atoms with E-state index in [0.717, 1.165) is 19.3 Å². The van der Waals surface area contributed by atoms with E-state index in [1.807, 2.05) is 0 Å². The van der Waals surface area contributed by atoms with E-state index in [-0.39, 0.29) is 34.1 Å². The number of benzene rings is 3. The number of ether oxygens (including phenoxy) is 8. The fourth-order valence-electron chi connectivity index (χ4n) is 6.51. The van der Waals surface area contributed by atoms with Gasteiger partial charge in [-0.2, -0.15) is 0 Å². The van der Waals surface area contributed by atoms with E-state index in [1.165, 1.54) is 56.7 Å². The fraction of sp³-hybridized carbons (Fsp3) is 0.385. The largest absolute Gasteiger partial charge is 0.504 e. The van der Waals surface area contributed by atoms with Crippen LogP contribution in [0, 0.1) is 0 Å². The van der Waals surface area contributed by atoms with Gasteiger partial charge in [0.05, 0.1) is 34.5 Å². The Balaban J connectivity index is 1.28. The van der Waals surface area contributed by atoms with Crippen LogP contribution in [0.3, 0.4) is 0 Å². The molecular weight excluding hydrogens is 804 g/mol. The maximum atomic E-state index is 14.1. The van der Waals surface area contributed by atoms with Crippen LogP contribution in [0.2, 0.25) is 0 Å². The maximum absolute atomic E-state index is 14.1. The van der Waals surface area contributed by atoms with Gasteiger partial charge in [0.15, 0.2) is 52.7 Å². The molecule has 10 atom stereocenters. The van der Waals surface area contributed by atoms with Crippen molar-refractivity contribution >= 4 is 23.0 Å². The van der Waals surface area contributed by atoms with Gasteiger partial charge in [-0.25, -0.2) is 4.79 Å². The average Bonchev–Trinajstić information content (AvgIpc) is 3.23. The Bertz CT molecular complexity index is 2270. The molecule has 0 saturated carbocycles. The van der Waals surface area contributed by atoms with Crippen molar-refractivity contribution in [3.63, 3.8) is 0 Å². The SMILES string of the molecule is COc1cc(/C=C/C(=O)OC2C(OCC3OC(Oc4c(-c5ccc(O)c(OC)c5)oc5cc(O)c(OC)c(O)c5c4=O)C(O)C(O)C3O)OC(CO)C(O)C2O)ccc1O. The molecule has 10 unspecified atom stereocenters. The number of aliphatic hydroxyl groups is 6. The third-order valence-corrected chi connectivity index (χ3v) is 9.72. The first-order valence-electron chi connectivity index (χ1n) is 17.9. The van der Waals surface area contributed by atoms with Crippen LogP contribution in [0.1, 0.15) is 5.56 Å². The molecule has 2 fully saturated rings. The minimum atomic E-state index is -2.08. The zero-order chi connectivity index (χ0) is 43.6. The number of esters is 1. The number of fused-ring (bicyclic) bond motifs is 1. The summed E-state index contributed by atoms with van der Waals surface area (Å²) in [6.45, 7) is -1.60. The summed E-state index contributed by atoms with van der Waals surface area (Å²) in [5.74, 6) is -4.55. The minimum Gasteiger partial charge on any atom is -0.504 e. The first-order chi connectivity index (χ1) is 28.6. The van der Waals surface area contributed by atoms with E-state index in [2.05, 4.69) is 0 Å². The lowest BCUT2D eigenvalue weighted by molar-refractivity contribution is -0.324. The normalized spacial score (nSPS) is 26.8. The van der Waals surface area contributed by atoms with Crippen LogP contribution in [0.5, 0.6) is 46.0 Å². The van der Waals surface area contributed by atoms with Crippen LogP contribution in [0.4, 0.5) is 0 Å². The lowest BCUT2D eigenvalue weighted by Gasteiger charge is -2.43. The Morgan fingerprint density at radius 3 is 2.05 bits per heavy atom. The molecule has 0 aliphatic carbocycles. The average molecular weight is 847 g/mol. The van der Waals surface area contributed by atoms with Gasteiger partial charge in [-0.3, -0.25) is 4.79 Å². The molecule has 324 valence electrons. The Labute approximate surface area is 338 Å². The van der Waals surface area contributed by atoms with Crippen LogP contribution in [0.15, 0.2) is 57.8 Å². The Morgan fingerprint density at radius 1 is 0.733 bits per heavy atom. The Morgan fingerprint density at radius 2 is 1.38 bits per heavy atom. The second-order valence-corrected chi connectivity index (χ2v) is 13.5. The highest BCUT2D eigenvalue weighted by Crippen LogP contribution is 2.44. The van der Waals surface area contributed by atoms with Crippen LogP contribution in [-0.2, 0) is 23.7 Å². The number of phenols is 4. The summed E-state index contributed by atoms with van der Waals surface area (Å²) in [6, 6.07) is 8.93. The number of hydrogen-bond donors (Lipinski definition) is 10. The van der Waals surface area contributed by atoms with Crippen LogP contribution in [0.25, 0.3) is 28.4 Å². The molecule has 6 rings (SSSR count). The lowest BCUT2D eigenvalue weighted by Crippen LogP contribution is -2.62. The summed E-state index contributed by atoms with van der Waals surface area (Å²) >= 11 is 0. The van der Waals surface area contributed by atoms with Gasteiger partial charge in [-0.15, -0.1) is 0 Å². The predicted octanol–water partition coefficient (Wildman–Crippen LogP) is -0.425. The van der Waals surface area contributed by atoms with E-state index >= 15 is 0 Å². The third-order valence-electron chi connectivity index (χ3n) is 9.72. The standard InChI is InChI=1S/C39H42O21/c1-52-20-10-15(4-7-17(20)41)5-9-25(44)59-37-32(50)27(45)23(13-40)57-39(37)55-14-24-28(46)31(49)33(51)38(58-24)60-36-30(48)26-22(12-19(43)35(54-3)29(26)47)56-34(36)16-6-8-18(42)21(11-16)53-2/h4-12,23-24,27-28,31-33,37-43,45-47,49-51H,13-14H2,1-3H3/b9-5+. The van der Waals surface area contributed by atoms with Crippen molar-refractivity contribution in [1.29, 1.82) is 0 Å². The molecule has 21 heteroatoms. The van der Waals surface area contributed by atoms with Crippen molar-refractivity contribution in [2.45, 2.75) is 61.4 Å². The molecule has 21 nitrogen and oxygen atoms in total. The molecule has 0 spiro atoms. The molecule has 0 amide bonds. The topological polar surface area (TPSA) is 323 Å². The van der Waals surface area contributed by atoms with E-state index in [9.17, 15) is 60.7 Å². The van der Waals surface area contributed by atoms with E-state index in [0.29, 0.717) is 5.56 Å². The van der Waals surface area contributed by atoms with Gasteiger partial charge in [0.1, 0.15) is 53.7 Å². The number of phenolic OH excluding ortho intramolecular Hbond substituents is 4. The number of methoxy groups -OCH3 is 3. The van der Waals surface area contributed by atoms with Gasteiger partial charge in [-0.05, 0) is 42.0 Å². The van der Waals surface area contributed by atoms with Gasteiger partial charge < -0.3 is 93.4 Å². The smallest absolute Gasteiger partial charge is 0.331 e. The number of aromatic hydroxyl groups is 4. The van der Waals surface area contributed by atoms with Gasteiger partial charge >= 0.3 is 5.97 Å². The van der Waals surface area contributed by atoms with E-state index < -0.39 is 120 Å². The van der Waals surface area contributed by atoms with Crippen LogP contribution >= 0.6 is 0 Å².